The molecule has 2 unspecified atom stereocenters. The largest absolute Gasteiger partial charge is 0.385 e. The molecular weight excluding hydrogens is 234 g/mol. The van der Waals surface area contributed by atoms with Crippen molar-refractivity contribution in [2.45, 2.75) is 45.1 Å². The SMILES string of the molecule is CC(C)C1CCCCC1(O)c1ccc(F)cc1F. The normalized spacial score (nSPS) is 28.7. The maximum absolute atomic E-state index is 13.9. The van der Waals surface area contributed by atoms with Gasteiger partial charge in [0.2, 0.25) is 0 Å². The van der Waals surface area contributed by atoms with Crippen molar-refractivity contribution in [3.05, 3.63) is 35.4 Å². The molecule has 0 heterocycles. The van der Waals surface area contributed by atoms with Gasteiger partial charge in [-0.25, -0.2) is 8.78 Å². The summed E-state index contributed by atoms with van der Waals surface area (Å²) in [6.45, 7) is 4.09. The summed E-state index contributed by atoms with van der Waals surface area (Å²) in [5.41, 5.74) is -0.896. The molecule has 2 rings (SSSR count). The van der Waals surface area contributed by atoms with Crippen molar-refractivity contribution in [1.29, 1.82) is 0 Å². The standard InChI is InChI=1S/C15H20F2O/c1-10(2)12-5-3-4-8-15(12,18)13-7-6-11(16)9-14(13)17/h6-7,9-10,12,18H,3-5,8H2,1-2H3. The van der Waals surface area contributed by atoms with Gasteiger partial charge in [0, 0.05) is 11.6 Å². The van der Waals surface area contributed by atoms with Gasteiger partial charge in [0.05, 0.1) is 5.60 Å². The first-order chi connectivity index (χ1) is 8.45. The Morgan fingerprint density at radius 3 is 2.61 bits per heavy atom. The molecule has 0 aromatic heterocycles. The predicted molar refractivity (Wildman–Crippen MR) is 67.1 cm³/mol. The molecule has 1 nitrogen and oxygen atoms in total. The summed E-state index contributed by atoms with van der Waals surface area (Å²) >= 11 is 0. The second-order valence-electron chi connectivity index (χ2n) is 5.64. The van der Waals surface area contributed by atoms with E-state index in [4.69, 9.17) is 0 Å². The summed E-state index contributed by atoms with van der Waals surface area (Å²) in [4.78, 5) is 0. The van der Waals surface area contributed by atoms with Crippen molar-refractivity contribution in [2.24, 2.45) is 11.8 Å². The van der Waals surface area contributed by atoms with E-state index in [1.807, 2.05) is 13.8 Å². The second-order valence-corrected chi connectivity index (χ2v) is 5.64. The summed E-state index contributed by atoms with van der Waals surface area (Å²) in [7, 11) is 0. The van der Waals surface area contributed by atoms with Gasteiger partial charge in [-0.15, -0.1) is 0 Å². The van der Waals surface area contributed by atoms with Crippen LogP contribution < -0.4 is 0 Å². The lowest BCUT2D eigenvalue weighted by molar-refractivity contribution is -0.0745. The zero-order chi connectivity index (χ0) is 13.3. The summed E-state index contributed by atoms with van der Waals surface area (Å²) in [6.07, 6.45) is 3.40. The number of benzene rings is 1. The Morgan fingerprint density at radius 1 is 1.28 bits per heavy atom. The molecule has 0 aliphatic heterocycles. The van der Waals surface area contributed by atoms with E-state index in [-0.39, 0.29) is 17.4 Å². The van der Waals surface area contributed by atoms with Crippen LogP contribution in [0.1, 0.15) is 45.1 Å². The molecule has 1 aromatic rings. The fourth-order valence-electron chi connectivity index (χ4n) is 3.24. The second kappa shape index (κ2) is 4.96. The highest BCUT2D eigenvalue weighted by Crippen LogP contribution is 2.45. The summed E-state index contributed by atoms with van der Waals surface area (Å²) in [5, 5.41) is 10.9. The molecule has 2 atom stereocenters. The van der Waals surface area contributed by atoms with Gasteiger partial charge in [-0.2, -0.15) is 0 Å². The van der Waals surface area contributed by atoms with Crippen LogP contribution >= 0.6 is 0 Å². The van der Waals surface area contributed by atoms with Crippen LogP contribution in [0.5, 0.6) is 0 Å². The van der Waals surface area contributed by atoms with Crippen LogP contribution in [0.25, 0.3) is 0 Å². The van der Waals surface area contributed by atoms with Crippen LogP contribution in [0.2, 0.25) is 0 Å². The first-order valence-electron chi connectivity index (χ1n) is 6.63. The molecule has 1 aliphatic rings. The zero-order valence-electron chi connectivity index (χ0n) is 10.9. The Balaban J connectivity index is 2.43. The van der Waals surface area contributed by atoms with Gasteiger partial charge in [0.1, 0.15) is 11.6 Å². The Labute approximate surface area is 107 Å². The number of aliphatic hydroxyl groups is 1. The van der Waals surface area contributed by atoms with Gasteiger partial charge in [0.25, 0.3) is 0 Å². The zero-order valence-corrected chi connectivity index (χ0v) is 10.9. The third-order valence-corrected chi connectivity index (χ3v) is 4.14. The molecule has 100 valence electrons. The van der Waals surface area contributed by atoms with E-state index in [9.17, 15) is 13.9 Å². The molecule has 0 amide bonds. The van der Waals surface area contributed by atoms with Gasteiger partial charge in [-0.3, -0.25) is 0 Å². The molecule has 1 N–H and O–H groups in total. The van der Waals surface area contributed by atoms with Crippen molar-refractivity contribution in [3.63, 3.8) is 0 Å². The minimum atomic E-state index is -1.15. The molecule has 0 bridgehead atoms. The lowest BCUT2D eigenvalue weighted by Gasteiger charge is -2.42. The minimum absolute atomic E-state index is 0.0335. The summed E-state index contributed by atoms with van der Waals surface area (Å²) in [5.74, 6) is -0.923. The van der Waals surface area contributed by atoms with E-state index in [0.29, 0.717) is 6.42 Å². The maximum Gasteiger partial charge on any atom is 0.132 e. The summed E-state index contributed by atoms with van der Waals surface area (Å²) in [6, 6.07) is 3.48. The lowest BCUT2D eigenvalue weighted by Crippen LogP contribution is -2.41. The van der Waals surface area contributed by atoms with E-state index >= 15 is 0 Å². The van der Waals surface area contributed by atoms with E-state index in [0.717, 1.165) is 25.3 Å². The monoisotopic (exact) mass is 254 g/mol. The topological polar surface area (TPSA) is 20.2 Å². The fourth-order valence-corrected chi connectivity index (χ4v) is 3.24. The van der Waals surface area contributed by atoms with Crippen LogP contribution in [0.4, 0.5) is 8.78 Å². The Kier molecular flexibility index (Phi) is 3.71. The summed E-state index contributed by atoms with van der Waals surface area (Å²) < 4.78 is 26.9. The van der Waals surface area contributed by atoms with Crippen LogP contribution in [-0.4, -0.2) is 5.11 Å². The van der Waals surface area contributed by atoms with Crippen molar-refractivity contribution >= 4 is 0 Å². The van der Waals surface area contributed by atoms with Crippen LogP contribution in [-0.2, 0) is 5.60 Å². The molecule has 0 radical (unpaired) electrons. The molecule has 3 heteroatoms. The maximum atomic E-state index is 13.9. The number of rotatable bonds is 2. The van der Waals surface area contributed by atoms with Crippen molar-refractivity contribution in [1.82, 2.24) is 0 Å². The van der Waals surface area contributed by atoms with E-state index < -0.39 is 17.2 Å². The van der Waals surface area contributed by atoms with E-state index in [2.05, 4.69) is 0 Å². The number of halogens is 2. The minimum Gasteiger partial charge on any atom is -0.385 e. The van der Waals surface area contributed by atoms with Crippen LogP contribution in [0.15, 0.2) is 18.2 Å². The van der Waals surface area contributed by atoms with Crippen LogP contribution in [0.3, 0.4) is 0 Å². The molecule has 1 saturated carbocycles. The van der Waals surface area contributed by atoms with E-state index in [1.165, 1.54) is 12.1 Å². The lowest BCUT2D eigenvalue weighted by atomic mass is 9.67. The smallest absolute Gasteiger partial charge is 0.132 e. The van der Waals surface area contributed by atoms with Gasteiger partial charge < -0.3 is 5.11 Å². The Hall–Kier alpha value is -0.960. The Morgan fingerprint density at radius 2 is 2.00 bits per heavy atom. The molecule has 0 spiro atoms. The highest BCUT2D eigenvalue weighted by Gasteiger charge is 2.43. The highest BCUT2D eigenvalue weighted by molar-refractivity contribution is 5.26. The van der Waals surface area contributed by atoms with Gasteiger partial charge in [-0.05, 0) is 30.7 Å². The molecule has 0 saturated heterocycles. The van der Waals surface area contributed by atoms with E-state index in [1.54, 1.807) is 0 Å². The third kappa shape index (κ3) is 2.28. The predicted octanol–water partition coefficient (Wildman–Crippen LogP) is 4.00. The Bertz CT molecular complexity index is 431. The van der Waals surface area contributed by atoms with Crippen molar-refractivity contribution in [2.75, 3.05) is 0 Å². The van der Waals surface area contributed by atoms with Crippen LogP contribution in [0, 0.1) is 23.5 Å². The molecule has 1 aromatic carbocycles. The van der Waals surface area contributed by atoms with Crippen molar-refractivity contribution < 1.29 is 13.9 Å². The molecular formula is C15H20F2O. The third-order valence-electron chi connectivity index (χ3n) is 4.14. The van der Waals surface area contributed by atoms with Gasteiger partial charge in [0.15, 0.2) is 0 Å². The molecule has 1 aliphatic carbocycles. The number of hydrogen-bond donors (Lipinski definition) is 1. The molecule has 1 fully saturated rings. The quantitative estimate of drug-likeness (QED) is 0.845. The van der Waals surface area contributed by atoms with Crippen molar-refractivity contribution in [3.8, 4) is 0 Å². The fraction of sp³-hybridized carbons (Fsp3) is 0.600. The number of hydrogen-bond acceptors (Lipinski definition) is 1. The van der Waals surface area contributed by atoms with Gasteiger partial charge >= 0.3 is 0 Å². The van der Waals surface area contributed by atoms with Gasteiger partial charge in [-0.1, -0.05) is 32.8 Å². The average Bonchev–Trinajstić information content (AvgIpc) is 2.28. The molecule has 18 heavy (non-hydrogen) atoms. The highest BCUT2D eigenvalue weighted by atomic mass is 19.1. The first kappa shape index (κ1) is 13.5. The first-order valence-corrected chi connectivity index (χ1v) is 6.63. The average molecular weight is 254 g/mol.